The Morgan fingerprint density at radius 2 is 1.89 bits per heavy atom. The molecule has 4 rings (SSSR count). The van der Waals surface area contributed by atoms with E-state index in [1.54, 1.807) is 12.4 Å². The molecule has 0 radical (unpaired) electrons. The smallest absolute Gasteiger partial charge is 0.319 e. The number of para-hydroxylation sites is 1. The zero-order valence-corrected chi connectivity index (χ0v) is 16.1. The minimum absolute atomic E-state index is 0.190. The van der Waals surface area contributed by atoms with Gasteiger partial charge in [0, 0.05) is 41.4 Å². The first-order valence-corrected chi connectivity index (χ1v) is 9.82. The van der Waals surface area contributed by atoms with Crippen LogP contribution in [-0.4, -0.2) is 27.3 Å². The highest BCUT2D eigenvalue weighted by Gasteiger charge is 2.21. The number of benzene rings is 1. The fourth-order valence-corrected chi connectivity index (χ4v) is 3.75. The highest BCUT2D eigenvalue weighted by Crippen LogP contribution is 2.30. The van der Waals surface area contributed by atoms with Gasteiger partial charge in [-0.3, -0.25) is 9.67 Å². The number of hydrogen-bond acceptors (Lipinski definition) is 3. The van der Waals surface area contributed by atoms with Crippen LogP contribution in [0.3, 0.4) is 0 Å². The van der Waals surface area contributed by atoms with Gasteiger partial charge in [0.05, 0.1) is 12.2 Å². The summed E-state index contributed by atoms with van der Waals surface area (Å²) in [6, 6.07) is 11.6. The van der Waals surface area contributed by atoms with Gasteiger partial charge in [-0.1, -0.05) is 18.2 Å². The normalized spacial score (nSPS) is 13.0. The lowest BCUT2D eigenvalue weighted by atomic mass is 9.94. The van der Waals surface area contributed by atoms with Gasteiger partial charge in [-0.05, 0) is 56.4 Å². The van der Waals surface area contributed by atoms with Gasteiger partial charge in [0.2, 0.25) is 0 Å². The van der Waals surface area contributed by atoms with E-state index in [0.29, 0.717) is 13.1 Å². The minimum Gasteiger partial charge on any atom is -0.336 e. The molecule has 0 saturated carbocycles. The molecular weight excluding hydrogens is 350 g/mol. The molecule has 0 spiro atoms. The minimum atomic E-state index is -0.190. The lowest BCUT2D eigenvalue weighted by Gasteiger charge is -2.15. The summed E-state index contributed by atoms with van der Waals surface area (Å²) in [5, 5.41) is 10.7. The Labute approximate surface area is 165 Å². The van der Waals surface area contributed by atoms with Crippen molar-refractivity contribution in [2.24, 2.45) is 0 Å². The molecule has 0 atom stereocenters. The Balaban J connectivity index is 1.43. The van der Waals surface area contributed by atoms with Gasteiger partial charge in [0.25, 0.3) is 0 Å². The van der Waals surface area contributed by atoms with Crippen molar-refractivity contribution in [2.75, 3.05) is 11.9 Å². The van der Waals surface area contributed by atoms with Gasteiger partial charge in [-0.2, -0.15) is 5.10 Å². The molecular formula is C22H25N5O. The van der Waals surface area contributed by atoms with E-state index in [4.69, 9.17) is 5.10 Å². The van der Waals surface area contributed by atoms with Crippen molar-refractivity contribution in [3.05, 3.63) is 65.6 Å². The number of nitrogens with one attached hydrogen (secondary N) is 2. The van der Waals surface area contributed by atoms with Crippen molar-refractivity contribution in [1.29, 1.82) is 0 Å². The molecule has 1 aliphatic rings. The molecule has 2 amide bonds. The van der Waals surface area contributed by atoms with Gasteiger partial charge >= 0.3 is 6.03 Å². The molecule has 2 aromatic heterocycles. The van der Waals surface area contributed by atoms with Gasteiger partial charge in [0.1, 0.15) is 0 Å². The quantitative estimate of drug-likeness (QED) is 0.709. The van der Waals surface area contributed by atoms with Gasteiger partial charge in [-0.15, -0.1) is 0 Å². The van der Waals surface area contributed by atoms with Crippen LogP contribution < -0.4 is 10.6 Å². The Kier molecular flexibility index (Phi) is 5.37. The fraction of sp³-hybridized carbons (Fsp3) is 0.318. The summed E-state index contributed by atoms with van der Waals surface area (Å²) in [5.74, 6) is 0. The van der Waals surface area contributed by atoms with Crippen LogP contribution in [0, 0.1) is 6.92 Å². The second-order valence-electron chi connectivity index (χ2n) is 7.14. The number of carbonyl (C=O) groups is 1. The standard InChI is InChI=1S/C22H25N5O/c1-16-6-2-4-8-19(16)25-22(28)24-14-15-27-20-9-5-3-7-18(20)21(26-27)17-10-12-23-13-11-17/h2,4,6,8,10-13H,3,5,7,9,14-15H2,1H3,(H2,24,25,28). The third-order valence-corrected chi connectivity index (χ3v) is 5.21. The molecule has 2 N–H and O–H groups in total. The van der Waals surface area contributed by atoms with E-state index in [1.807, 2.05) is 43.3 Å². The van der Waals surface area contributed by atoms with Crippen LogP contribution in [0.15, 0.2) is 48.8 Å². The van der Waals surface area contributed by atoms with Crippen LogP contribution >= 0.6 is 0 Å². The number of hydrogen-bond donors (Lipinski definition) is 2. The van der Waals surface area contributed by atoms with Crippen LogP contribution in [0.1, 0.15) is 29.7 Å². The molecule has 0 saturated heterocycles. The van der Waals surface area contributed by atoms with Crippen LogP contribution in [-0.2, 0) is 19.4 Å². The van der Waals surface area contributed by atoms with Gasteiger partial charge in [-0.25, -0.2) is 4.79 Å². The number of fused-ring (bicyclic) bond motifs is 1. The summed E-state index contributed by atoms with van der Waals surface area (Å²) in [4.78, 5) is 16.3. The predicted octanol–water partition coefficient (Wildman–Crippen LogP) is 3.95. The van der Waals surface area contributed by atoms with Crippen molar-refractivity contribution >= 4 is 11.7 Å². The van der Waals surface area contributed by atoms with Crippen LogP contribution in [0.4, 0.5) is 10.5 Å². The number of aromatic nitrogens is 3. The maximum absolute atomic E-state index is 12.2. The van der Waals surface area contributed by atoms with E-state index in [0.717, 1.165) is 35.3 Å². The summed E-state index contributed by atoms with van der Waals surface area (Å²) in [6.07, 6.45) is 8.11. The zero-order chi connectivity index (χ0) is 19.3. The van der Waals surface area contributed by atoms with E-state index in [-0.39, 0.29) is 6.03 Å². The molecule has 1 aromatic carbocycles. The maximum atomic E-state index is 12.2. The van der Waals surface area contributed by atoms with E-state index < -0.39 is 0 Å². The second-order valence-corrected chi connectivity index (χ2v) is 7.14. The largest absolute Gasteiger partial charge is 0.336 e. The second kappa shape index (κ2) is 8.25. The Bertz CT molecular complexity index is 964. The average molecular weight is 375 g/mol. The Hall–Kier alpha value is -3.15. The summed E-state index contributed by atoms with van der Waals surface area (Å²) in [6.45, 7) is 3.17. The molecule has 0 bridgehead atoms. The molecule has 0 fully saturated rings. The third-order valence-electron chi connectivity index (χ3n) is 5.21. The first kappa shape index (κ1) is 18.2. The van der Waals surface area contributed by atoms with E-state index >= 15 is 0 Å². The molecule has 0 unspecified atom stereocenters. The van der Waals surface area contributed by atoms with E-state index in [1.165, 1.54) is 24.1 Å². The lowest BCUT2D eigenvalue weighted by molar-refractivity contribution is 0.251. The number of pyridine rings is 1. The number of carbonyl (C=O) groups excluding carboxylic acids is 1. The number of amides is 2. The highest BCUT2D eigenvalue weighted by molar-refractivity contribution is 5.89. The molecule has 144 valence electrons. The van der Waals surface area contributed by atoms with Gasteiger partial charge < -0.3 is 10.6 Å². The highest BCUT2D eigenvalue weighted by atomic mass is 16.2. The summed E-state index contributed by atoms with van der Waals surface area (Å²) in [7, 11) is 0. The molecule has 6 heteroatoms. The van der Waals surface area contributed by atoms with Crippen molar-refractivity contribution < 1.29 is 4.79 Å². The van der Waals surface area contributed by atoms with Crippen LogP contribution in [0.25, 0.3) is 11.3 Å². The zero-order valence-electron chi connectivity index (χ0n) is 16.1. The van der Waals surface area contributed by atoms with Crippen molar-refractivity contribution in [1.82, 2.24) is 20.1 Å². The van der Waals surface area contributed by atoms with Crippen LogP contribution in [0.2, 0.25) is 0 Å². The molecule has 3 aromatic rings. The Morgan fingerprint density at radius 1 is 1.11 bits per heavy atom. The number of urea groups is 1. The van der Waals surface area contributed by atoms with Crippen molar-refractivity contribution in [3.8, 4) is 11.3 Å². The van der Waals surface area contributed by atoms with Crippen molar-refractivity contribution in [3.63, 3.8) is 0 Å². The van der Waals surface area contributed by atoms with E-state index in [2.05, 4.69) is 20.3 Å². The average Bonchev–Trinajstić information content (AvgIpc) is 3.09. The monoisotopic (exact) mass is 375 g/mol. The third kappa shape index (κ3) is 3.91. The number of nitrogens with zero attached hydrogens (tertiary/aromatic N) is 3. The SMILES string of the molecule is Cc1ccccc1NC(=O)NCCn1nc(-c2ccncc2)c2c1CCCC2. The summed E-state index contributed by atoms with van der Waals surface area (Å²) in [5.41, 5.74) is 6.69. The van der Waals surface area contributed by atoms with Crippen LogP contribution in [0.5, 0.6) is 0 Å². The first-order chi connectivity index (χ1) is 13.7. The molecule has 6 nitrogen and oxygen atoms in total. The lowest BCUT2D eigenvalue weighted by Crippen LogP contribution is -2.32. The van der Waals surface area contributed by atoms with Gasteiger partial charge in [0.15, 0.2) is 0 Å². The molecule has 1 aliphatic carbocycles. The maximum Gasteiger partial charge on any atom is 0.319 e. The first-order valence-electron chi connectivity index (χ1n) is 9.82. The predicted molar refractivity (Wildman–Crippen MR) is 110 cm³/mol. The summed E-state index contributed by atoms with van der Waals surface area (Å²) >= 11 is 0. The fourth-order valence-electron chi connectivity index (χ4n) is 3.75. The van der Waals surface area contributed by atoms with E-state index in [9.17, 15) is 4.79 Å². The molecule has 2 heterocycles. The molecule has 28 heavy (non-hydrogen) atoms. The van der Waals surface area contributed by atoms with Crippen molar-refractivity contribution in [2.45, 2.75) is 39.2 Å². The molecule has 0 aliphatic heterocycles. The summed E-state index contributed by atoms with van der Waals surface area (Å²) < 4.78 is 2.07. The number of aryl methyl sites for hydroxylation is 1. The number of rotatable bonds is 5. The Morgan fingerprint density at radius 3 is 2.71 bits per heavy atom. The number of anilines is 1. The topological polar surface area (TPSA) is 71.8 Å².